The molecule has 0 bridgehead atoms. The minimum absolute atomic E-state index is 0.00535. The molecule has 1 aliphatic rings. The first-order chi connectivity index (χ1) is 10.7. The molecule has 2 atom stereocenters. The molecule has 3 heterocycles. The number of hydrogen-bond acceptors (Lipinski definition) is 5. The lowest BCUT2D eigenvalue weighted by Crippen LogP contribution is -2.32. The minimum atomic E-state index is 0.00535. The van der Waals surface area contributed by atoms with Gasteiger partial charge in [0.25, 0.3) is 5.91 Å². The van der Waals surface area contributed by atoms with Crippen molar-refractivity contribution in [3.63, 3.8) is 0 Å². The largest absolute Gasteiger partial charge is 0.337 e. The van der Waals surface area contributed by atoms with Crippen molar-refractivity contribution in [2.24, 2.45) is 11.7 Å². The van der Waals surface area contributed by atoms with Crippen LogP contribution < -0.4 is 5.73 Å². The Morgan fingerprint density at radius 2 is 2.14 bits per heavy atom. The SMILES string of the molecule is CCC[C@H]1CN(C(=O)c2ccnc(-n3cnnc3)c2)C[C@@H]1N. The Morgan fingerprint density at radius 3 is 2.86 bits per heavy atom. The Hall–Kier alpha value is -2.28. The van der Waals surface area contributed by atoms with Gasteiger partial charge in [0, 0.05) is 30.9 Å². The van der Waals surface area contributed by atoms with E-state index in [0.717, 1.165) is 19.4 Å². The fourth-order valence-corrected chi connectivity index (χ4v) is 2.93. The Balaban J connectivity index is 1.77. The molecule has 2 aromatic heterocycles. The van der Waals surface area contributed by atoms with Crippen molar-refractivity contribution in [3.8, 4) is 5.82 Å². The van der Waals surface area contributed by atoms with Gasteiger partial charge >= 0.3 is 0 Å². The number of pyridine rings is 1. The van der Waals surface area contributed by atoms with E-state index in [1.165, 1.54) is 0 Å². The number of nitrogens with zero attached hydrogens (tertiary/aromatic N) is 5. The maximum absolute atomic E-state index is 12.7. The maximum Gasteiger partial charge on any atom is 0.254 e. The molecular weight excluding hydrogens is 280 g/mol. The van der Waals surface area contributed by atoms with Crippen LogP contribution in [0.15, 0.2) is 31.0 Å². The molecule has 1 saturated heterocycles. The minimum Gasteiger partial charge on any atom is -0.337 e. The van der Waals surface area contributed by atoms with Gasteiger partial charge in [0.05, 0.1) is 0 Å². The standard InChI is InChI=1S/C15H20N6O/c1-2-3-12-7-20(8-13(12)16)15(22)11-4-5-17-14(6-11)21-9-18-19-10-21/h4-6,9-10,12-13H,2-3,7-8,16H2,1H3/t12-,13-/m0/s1. The Labute approximate surface area is 129 Å². The summed E-state index contributed by atoms with van der Waals surface area (Å²) in [7, 11) is 0. The van der Waals surface area contributed by atoms with Crippen LogP contribution in [0.1, 0.15) is 30.1 Å². The molecule has 0 unspecified atom stereocenters. The monoisotopic (exact) mass is 300 g/mol. The zero-order valence-electron chi connectivity index (χ0n) is 12.6. The molecule has 3 rings (SSSR count). The van der Waals surface area contributed by atoms with E-state index in [-0.39, 0.29) is 11.9 Å². The summed E-state index contributed by atoms with van der Waals surface area (Å²) in [5.74, 6) is 1.03. The van der Waals surface area contributed by atoms with Gasteiger partial charge in [-0.15, -0.1) is 10.2 Å². The summed E-state index contributed by atoms with van der Waals surface area (Å²) in [4.78, 5) is 18.7. The lowest BCUT2D eigenvalue weighted by molar-refractivity contribution is 0.0785. The fourth-order valence-electron chi connectivity index (χ4n) is 2.93. The average Bonchev–Trinajstić information content (AvgIpc) is 3.18. The molecule has 116 valence electrons. The van der Waals surface area contributed by atoms with Gasteiger partial charge in [-0.1, -0.05) is 13.3 Å². The van der Waals surface area contributed by atoms with Crippen LogP contribution in [0.5, 0.6) is 0 Å². The molecular formula is C15H20N6O. The lowest BCUT2D eigenvalue weighted by Gasteiger charge is -2.16. The van der Waals surface area contributed by atoms with Crippen molar-refractivity contribution >= 4 is 5.91 Å². The first-order valence-electron chi connectivity index (χ1n) is 7.55. The quantitative estimate of drug-likeness (QED) is 0.904. The summed E-state index contributed by atoms with van der Waals surface area (Å²) in [6, 6.07) is 3.56. The van der Waals surface area contributed by atoms with Gasteiger partial charge < -0.3 is 10.6 Å². The van der Waals surface area contributed by atoms with Gasteiger partial charge in [-0.2, -0.15) is 0 Å². The fraction of sp³-hybridized carbons (Fsp3) is 0.467. The number of hydrogen-bond donors (Lipinski definition) is 1. The second-order valence-corrected chi connectivity index (χ2v) is 5.69. The van der Waals surface area contributed by atoms with Crippen molar-refractivity contribution in [1.82, 2.24) is 24.6 Å². The third-order valence-corrected chi connectivity index (χ3v) is 4.11. The van der Waals surface area contributed by atoms with E-state index < -0.39 is 0 Å². The number of likely N-dealkylation sites (tertiary alicyclic amines) is 1. The maximum atomic E-state index is 12.7. The topological polar surface area (TPSA) is 89.9 Å². The molecule has 7 heteroatoms. The summed E-state index contributed by atoms with van der Waals surface area (Å²) in [6.45, 7) is 3.50. The molecule has 0 aliphatic carbocycles. The van der Waals surface area contributed by atoms with E-state index in [1.54, 1.807) is 35.6 Å². The molecule has 1 aliphatic heterocycles. The number of carbonyl (C=O) groups is 1. The number of amides is 1. The smallest absolute Gasteiger partial charge is 0.254 e. The summed E-state index contributed by atoms with van der Waals surface area (Å²) < 4.78 is 1.67. The molecule has 0 saturated carbocycles. The molecule has 1 fully saturated rings. The van der Waals surface area contributed by atoms with Gasteiger partial charge in [0.1, 0.15) is 18.5 Å². The van der Waals surface area contributed by atoms with Crippen LogP contribution in [0.25, 0.3) is 5.82 Å². The normalized spacial score (nSPS) is 21.3. The van der Waals surface area contributed by atoms with Crippen LogP contribution in [-0.2, 0) is 0 Å². The highest BCUT2D eigenvalue weighted by Gasteiger charge is 2.32. The van der Waals surface area contributed by atoms with Gasteiger partial charge in [-0.3, -0.25) is 9.36 Å². The number of rotatable bonds is 4. The number of nitrogens with two attached hydrogens (primary N) is 1. The van der Waals surface area contributed by atoms with Crippen molar-refractivity contribution in [1.29, 1.82) is 0 Å². The van der Waals surface area contributed by atoms with E-state index in [1.807, 2.05) is 4.90 Å². The Morgan fingerprint density at radius 1 is 1.36 bits per heavy atom. The average molecular weight is 300 g/mol. The van der Waals surface area contributed by atoms with Crippen LogP contribution in [-0.4, -0.2) is 49.7 Å². The van der Waals surface area contributed by atoms with Gasteiger partial charge in [-0.05, 0) is 24.5 Å². The molecule has 0 radical (unpaired) electrons. The second kappa shape index (κ2) is 6.23. The van der Waals surface area contributed by atoms with Crippen molar-refractivity contribution in [2.45, 2.75) is 25.8 Å². The summed E-state index contributed by atoms with van der Waals surface area (Å²) in [6.07, 6.45) is 6.89. The highest BCUT2D eigenvalue weighted by Crippen LogP contribution is 2.22. The summed E-state index contributed by atoms with van der Waals surface area (Å²) in [5.41, 5.74) is 6.77. The Kier molecular flexibility index (Phi) is 4.15. The van der Waals surface area contributed by atoms with Crippen LogP contribution in [0.2, 0.25) is 0 Å². The highest BCUT2D eigenvalue weighted by molar-refractivity contribution is 5.94. The third-order valence-electron chi connectivity index (χ3n) is 4.11. The van der Waals surface area contributed by atoms with Gasteiger partial charge in [0.15, 0.2) is 0 Å². The molecule has 7 nitrogen and oxygen atoms in total. The molecule has 0 spiro atoms. The predicted octanol–water partition coefficient (Wildman–Crippen LogP) is 0.862. The number of carbonyl (C=O) groups excluding carboxylic acids is 1. The van der Waals surface area contributed by atoms with Gasteiger partial charge in [-0.25, -0.2) is 4.98 Å². The van der Waals surface area contributed by atoms with E-state index in [4.69, 9.17) is 5.73 Å². The zero-order valence-corrected chi connectivity index (χ0v) is 12.6. The second-order valence-electron chi connectivity index (χ2n) is 5.69. The van der Waals surface area contributed by atoms with Crippen molar-refractivity contribution in [2.75, 3.05) is 13.1 Å². The predicted molar refractivity (Wildman–Crippen MR) is 81.4 cm³/mol. The van der Waals surface area contributed by atoms with Crippen LogP contribution in [0.4, 0.5) is 0 Å². The van der Waals surface area contributed by atoms with Crippen LogP contribution >= 0.6 is 0 Å². The van der Waals surface area contributed by atoms with Crippen LogP contribution in [0.3, 0.4) is 0 Å². The number of aromatic nitrogens is 4. The van der Waals surface area contributed by atoms with E-state index in [0.29, 0.717) is 23.8 Å². The third kappa shape index (κ3) is 2.85. The molecule has 2 N–H and O–H groups in total. The van der Waals surface area contributed by atoms with Crippen molar-refractivity contribution < 1.29 is 4.79 Å². The Bertz CT molecular complexity index is 641. The first kappa shape index (κ1) is 14.6. The van der Waals surface area contributed by atoms with E-state index >= 15 is 0 Å². The van der Waals surface area contributed by atoms with E-state index in [2.05, 4.69) is 22.1 Å². The molecule has 2 aromatic rings. The highest BCUT2D eigenvalue weighted by atomic mass is 16.2. The van der Waals surface area contributed by atoms with Crippen molar-refractivity contribution in [3.05, 3.63) is 36.5 Å². The molecule has 22 heavy (non-hydrogen) atoms. The van der Waals surface area contributed by atoms with Crippen LogP contribution in [0, 0.1) is 5.92 Å². The summed E-state index contributed by atoms with van der Waals surface area (Å²) in [5, 5.41) is 7.50. The first-order valence-corrected chi connectivity index (χ1v) is 7.55. The summed E-state index contributed by atoms with van der Waals surface area (Å²) >= 11 is 0. The molecule has 1 amide bonds. The molecule has 0 aromatic carbocycles. The zero-order chi connectivity index (χ0) is 15.5. The lowest BCUT2D eigenvalue weighted by atomic mass is 9.99. The van der Waals surface area contributed by atoms with Gasteiger partial charge in [0.2, 0.25) is 0 Å². The van der Waals surface area contributed by atoms with E-state index in [9.17, 15) is 4.79 Å².